The normalized spacial score (nSPS) is 12.0. The van der Waals surface area contributed by atoms with Crippen molar-refractivity contribution in [1.29, 1.82) is 0 Å². The molecule has 0 unspecified atom stereocenters. The molecule has 3 N–H and O–H groups in total. The van der Waals surface area contributed by atoms with E-state index in [4.69, 9.17) is 5.84 Å². The second-order valence-electron chi connectivity index (χ2n) is 2.68. The highest BCUT2D eigenvalue weighted by molar-refractivity contribution is 14.1. The minimum atomic E-state index is 0.343. The number of hydrogen-bond donors (Lipinski definition) is 2. The molecule has 0 heterocycles. The van der Waals surface area contributed by atoms with E-state index >= 15 is 0 Å². The Balaban J connectivity index is 3.37. The maximum absolute atomic E-state index is 5.14. The number of nitrogens with one attached hydrogen (secondary N) is 1. The summed E-state index contributed by atoms with van der Waals surface area (Å²) in [4.78, 5) is 0. The summed E-state index contributed by atoms with van der Waals surface area (Å²) in [7, 11) is 0. The zero-order chi connectivity index (χ0) is 6.62. The molecule has 0 amide bonds. The first kappa shape index (κ1) is 8.65. The van der Waals surface area contributed by atoms with E-state index in [1.807, 2.05) is 0 Å². The van der Waals surface area contributed by atoms with Crippen molar-refractivity contribution in [2.24, 2.45) is 11.3 Å². The molecule has 0 saturated heterocycles. The molecule has 0 spiro atoms. The van der Waals surface area contributed by atoms with E-state index in [0.29, 0.717) is 5.41 Å². The molecule has 0 rings (SSSR count). The van der Waals surface area contributed by atoms with Crippen LogP contribution in [0.1, 0.15) is 13.8 Å². The Morgan fingerprint density at radius 3 is 2.25 bits per heavy atom. The number of nitrogens with two attached hydrogens (primary N) is 1. The first-order chi connectivity index (χ1) is 3.62. The van der Waals surface area contributed by atoms with E-state index in [0.717, 1.165) is 11.0 Å². The van der Waals surface area contributed by atoms with Crippen LogP contribution in [-0.2, 0) is 0 Å². The summed E-state index contributed by atoms with van der Waals surface area (Å²) in [6, 6.07) is 0. The van der Waals surface area contributed by atoms with Crippen molar-refractivity contribution in [2.75, 3.05) is 11.0 Å². The molecule has 0 atom stereocenters. The molecule has 50 valence electrons. The van der Waals surface area contributed by atoms with Crippen molar-refractivity contribution in [3.63, 3.8) is 0 Å². The summed E-state index contributed by atoms with van der Waals surface area (Å²) in [6.45, 7) is 5.24. The summed E-state index contributed by atoms with van der Waals surface area (Å²) in [5.74, 6) is 5.14. The molecular weight excluding hydrogens is 215 g/mol. The molecule has 0 aromatic rings. The van der Waals surface area contributed by atoms with Crippen LogP contribution in [0.25, 0.3) is 0 Å². The summed E-state index contributed by atoms with van der Waals surface area (Å²) >= 11 is 2.36. The number of alkyl halides is 1. The van der Waals surface area contributed by atoms with Crippen molar-refractivity contribution in [1.82, 2.24) is 5.43 Å². The Kier molecular flexibility index (Phi) is 3.93. The molecule has 0 aliphatic heterocycles. The fourth-order valence-corrected chi connectivity index (χ4v) is 0.593. The van der Waals surface area contributed by atoms with E-state index in [1.165, 1.54) is 0 Å². The van der Waals surface area contributed by atoms with Crippen molar-refractivity contribution >= 4 is 22.6 Å². The van der Waals surface area contributed by atoms with Gasteiger partial charge in [0.05, 0.1) is 0 Å². The van der Waals surface area contributed by atoms with Gasteiger partial charge in [0.25, 0.3) is 0 Å². The van der Waals surface area contributed by atoms with Crippen LogP contribution in [0.3, 0.4) is 0 Å². The zero-order valence-corrected chi connectivity index (χ0v) is 7.53. The van der Waals surface area contributed by atoms with Crippen LogP contribution in [0.2, 0.25) is 0 Å². The van der Waals surface area contributed by atoms with Gasteiger partial charge in [-0.05, 0) is 5.41 Å². The molecule has 0 saturated carbocycles. The summed E-state index contributed by atoms with van der Waals surface area (Å²) < 4.78 is 1.13. The lowest BCUT2D eigenvalue weighted by Crippen LogP contribution is -2.34. The molecule has 0 fully saturated rings. The van der Waals surface area contributed by atoms with Gasteiger partial charge in [0.2, 0.25) is 0 Å². The largest absolute Gasteiger partial charge is 0.271 e. The standard InChI is InChI=1S/C5H13IN2/c1-5(2,3-6)4-8-7/h8H,3-4,7H2,1-2H3. The third kappa shape index (κ3) is 3.63. The van der Waals surface area contributed by atoms with Gasteiger partial charge in [-0.25, -0.2) is 0 Å². The highest BCUT2D eigenvalue weighted by Crippen LogP contribution is 2.15. The number of halogens is 1. The monoisotopic (exact) mass is 228 g/mol. The van der Waals surface area contributed by atoms with Crippen LogP contribution < -0.4 is 11.3 Å². The van der Waals surface area contributed by atoms with E-state index in [-0.39, 0.29) is 0 Å². The van der Waals surface area contributed by atoms with Gasteiger partial charge in [-0.1, -0.05) is 36.4 Å². The van der Waals surface area contributed by atoms with Gasteiger partial charge < -0.3 is 0 Å². The molecule has 0 aromatic heterocycles. The zero-order valence-electron chi connectivity index (χ0n) is 5.37. The summed E-state index contributed by atoms with van der Waals surface area (Å²) in [5.41, 5.74) is 3.00. The van der Waals surface area contributed by atoms with Gasteiger partial charge >= 0.3 is 0 Å². The number of hydrazine groups is 1. The van der Waals surface area contributed by atoms with Crippen molar-refractivity contribution in [2.45, 2.75) is 13.8 Å². The van der Waals surface area contributed by atoms with Crippen LogP contribution in [0, 0.1) is 5.41 Å². The highest BCUT2D eigenvalue weighted by Gasteiger charge is 2.13. The lowest BCUT2D eigenvalue weighted by Gasteiger charge is -2.19. The van der Waals surface area contributed by atoms with Crippen LogP contribution in [-0.4, -0.2) is 11.0 Å². The second-order valence-corrected chi connectivity index (χ2v) is 3.44. The third-order valence-corrected chi connectivity index (χ3v) is 3.01. The topological polar surface area (TPSA) is 38.0 Å². The minimum absolute atomic E-state index is 0.343. The predicted octanol–water partition coefficient (Wildman–Crippen LogP) is 0.911. The van der Waals surface area contributed by atoms with Gasteiger partial charge in [0, 0.05) is 11.0 Å². The fourth-order valence-electron chi connectivity index (χ4n) is 0.324. The average Bonchev–Trinajstić information content (AvgIpc) is 1.67. The van der Waals surface area contributed by atoms with Gasteiger partial charge in [-0.15, -0.1) is 0 Å². The first-order valence-electron chi connectivity index (χ1n) is 2.62. The Labute approximate surface area is 64.3 Å². The Bertz CT molecular complexity index is 63.4. The Hall–Kier alpha value is 0.650. The smallest absolute Gasteiger partial charge is 0.0156 e. The SMILES string of the molecule is CC(C)(CI)CNN. The molecule has 0 aromatic carbocycles. The summed E-state index contributed by atoms with van der Waals surface area (Å²) in [5, 5.41) is 0. The quantitative estimate of drug-likeness (QED) is 0.326. The molecular formula is C5H13IN2. The van der Waals surface area contributed by atoms with Crippen molar-refractivity contribution in [3.8, 4) is 0 Å². The van der Waals surface area contributed by atoms with Crippen LogP contribution >= 0.6 is 22.6 Å². The molecule has 0 bridgehead atoms. The highest BCUT2D eigenvalue weighted by atomic mass is 127. The average molecular weight is 228 g/mol. The predicted molar refractivity (Wildman–Crippen MR) is 44.9 cm³/mol. The van der Waals surface area contributed by atoms with E-state index in [9.17, 15) is 0 Å². The maximum atomic E-state index is 5.14. The molecule has 2 nitrogen and oxygen atoms in total. The van der Waals surface area contributed by atoms with E-state index in [2.05, 4.69) is 41.9 Å². The first-order valence-corrected chi connectivity index (χ1v) is 4.14. The van der Waals surface area contributed by atoms with Crippen LogP contribution in [0.4, 0.5) is 0 Å². The van der Waals surface area contributed by atoms with Crippen molar-refractivity contribution in [3.05, 3.63) is 0 Å². The van der Waals surface area contributed by atoms with E-state index < -0.39 is 0 Å². The molecule has 3 heteroatoms. The lowest BCUT2D eigenvalue weighted by atomic mass is 9.97. The van der Waals surface area contributed by atoms with Crippen molar-refractivity contribution < 1.29 is 0 Å². The lowest BCUT2D eigenvalue weighted by molar-refractivity contribution is 0.400. The Morgan fingerprint density at radius 1 is 1.62 bits per heavy atom. The number of hydrogen-bond acceptors (Lipinski definition) is 2. The summed E-state index contributed by atoms with van der Waals surface area (Å²) in [6.07, 6.45) is 0. The van der Waals surface area contributed by atoms with Gasteiger partial charge in [-0.2, -0.15) is 0 Å². The van der Waals surface area contributed by atoms with Crippen LogP contribution in [0.5, 0.6) is 0 Å². The second kappa shape index (κ2) is 3.63. The molecule has 0 radical (unpaired) electrons. The number of rotatable bonds is 3. The molecule has 0 aliphatic rings. The minimum Gasteiger partial charge on any atom is -0.271 e. The van der Waals surface area contributed by atoms with Crippen LogP contribution in [0.15, 0.2) is 0 Å². The molecule has 8 heavy (non-hydrogen) atoms. The molecule has 0 aliphatic carbocycles. The Morgan fingerprint density at radius 2 is 2.12 bits per heavy atom. The van der Waals surface area contributed by atoms with Gasteiger partial charge in [-0.3, -0.25) is 11.3 Å². The van der Waals surface area contributed by atoms with Gasteiger partial charge in [0.15, 0.2) is 0 Å². The maximum Gasteiger partial charge on any atom is 0.0156 e. The van der Waals surface area contributed by atoms with Gasteiger partial charge in [0.1, 0.15) is 0 Å². The third-order valence-electron chi connectivity index (χ3n) is 0.942. The van der Waals surface area contributed by atoms with E-state index in [1.54, 1.807) is 0 Å². The fraction of sp³-hybridized carbons (Fsp3) is 1.00.